The lowest BCUT2D eigenvalue weighted by molar-refractivity contribution is 0.0362. The van der Waals surface area contributed by atoms with Crippen molar-refractivity contribution in [1.82, 2.24) is 5.32 Å². The monoisotopic (exact) mass is 517 g/mol. The molecule has 3 aromatic rings. The lowest BCUT2D eigenvalue weighted by atomic mass is 9.78. The Kier molecular flexibility index (Phi) is 7.67. The zero-order chi connectivity index (χ0) is 27.5. The molecule has 0 aliphatic heterocycles. The predicted molar refractivity (Wildman–Crippen MR) is 145 cm³/mol. The van der Waals surface area contributed by atoms with E-state index in [1.54, 1.807) is 12.1 Å². The Morgan fingerprint density at radius 1 is 0.763 bits per heavy atom. The molecule has 3 aromatic carbocycles. The summed E-state index contributed by atoms with van der Waals surface area (Å²) in [5, 5.41) is 11.9. The van der Waals surface area contributed by atoms with Crippen LogP contribution in [0, 0.1) is 0 Å². The molecule has 0 radical (unpaired) electrons. The summed E-state index contributed by atoms with van der Waals surface area (Å²) < 4.78 is 17.3. The van der Waals surface area contributed by atoms with Gasteiger partial charge in [-0.15, -0.1) is 0 Å². The molecule has 0 atom stereocenters. The van der Waals surface area contributed by atoms with Crippen LogP contribution < -0.4 is 14.8 Å². The van der Waals surface area contributed by atoms with Gasteiger partial charge in [-0.3, -0.25) is 0 Å². The average molecular weight is 518 g/mol. The highest BCUT2D eigenvalue weighted by atomic mass is 16.6. The molecular weight excluding hydrogens is 482 g/mol. The number of carboxylic acid groups (broad SMARTS) is 1. The van der Waals surface area contributed by atoms with Gasteiger partial charge >= 0.3 is 12.1 Å². The SMILES string of the molecule is CC(C)(C)OC(=O)N[C@H]1C[C@H](Oc2ccc(C(C)(C)c3ccc(Oc4ccc(C(=O)O)cc4)cc3)cc2)C1. The second kappa shape index (κ2) is 10.8. The summed E-state index contributed by atoms with van der Waals surface area (Å²) in [5.41, 5.74) is 1.76. The Bertz CT molecular complexity index is 1250. The molecule has 2 N–H and O–H groups in total. The number of benzene rings is 3. The molecule has 1 aliphatic rings. The van der Waals surface area contributed by atoms with Crippen molar-refractivity contribution in [2.45, 2.75) is 70.6 Å². The van der Waals surface area contributed by atoms with Crippen LogP contribution in [0.25, 0.3) is 0 Å². The second-order valence-electron chi connectivity index (χ2n) is 11.2. The van der Waals surface area contributed by atoms with Crippen molar-refractivity contribution in [2.75, 3.05) is 0 Å². The van der Waals surface area contributed by atoms with E-state index in [2.05, 4.69) is 31.3 Å². The number of aromatic carboxylic acids is 1. The fraction of sp³-hybridized carbons (Fsp3) is 0.355. The number of carbonyl (C=O) groups excluding carboxylic acids is 1. The molecule has 0 aromatic heterocycles. The molecule has 38 heavy (non-hydrogen) atoms. The summed E-state index contributed by atoms with van der Waals surface area (Å²) in [7, 11) is 0. The standard InChI is InChI=1S/C31H35NO6/c1-30(2,3)38-29(35)32-23-18-27(19-23)37-26-16-10-22(11-17-26)31(4,5)21-8-14-25(15-9-21)36-24-12-6-20(7-13-24)28(33)34/h6-17,23,27H,18-19H2,1-5H3,(H,32,35)(H,33,34)/t23-,27-. The van der Waals surface area contributed by atoms with Crippen LogP contribution in [0.15, 0.2) is 72.8 Å². The highest BCUT2D eigenvalue weighted by molar-refractivity contribution is 5.87. The zero-order valence-electron chi connectivity index (χ0n) is 22.5. The van der Waals surface area contributed by atoms with Crippen molar-refractivity contribution in [3.8, 4) is 17.2 Å². The van der Waals surface area contributed by atoms with Crippen LogP contribution in [0.3, 0.4) is 0 Å². The number of rotatable bonds is 8. The Morgan fingerprint density at radius 2 is 1.24 bits per heavy atom. The van der Waals surface area contributed by atoms with Crippen molar-refractivity contribution < 1.29 is 28.9 Å². The van der Waals surface area contributed by atoms with Gasteiger partial charge in [0.05, 0.1) is 5.56 Å². The fourth-order valence-electron chi connectivity index (χ4n) is 4.30. The Hall–Kier alpha value is -4.00. The normalized spacial score (nSPS) is 17.2. The minimum absolute atomic E-state index is 0.0710. The van der Waals surface area contributed by atoms with Gasteiger partial charge in [0, 0.05) is 24.3 Å². The van der Waals surface area contributed by atoms with Gasteiger partial charge in [0.15, 0.2) is 0 Å². The van der Waals surface area contributed by atoms with Crippen LogP contribution in [0.1, 0.15) is 68.9 Å². The van der Waals surface area contributed by atoms with E-state index in [9.17, 15) is 9.59 Å². The van der Waals surface area contributed by atoms with Crippen molar-refractivity contribution >= 4 is 12.1 Å². The topological polar surface area (TPSA) is 94.1 Å². The summed E-state index contributed by atoms with van der Waals surface area (Å²) in [6, 6.07) is 22.5. The summed E-state index contributed by atoms with van der Waals surface area (Å²) in [6.45, 7) is 9.88. The van der Waals surface area contributed by atoms with Gasteiger partial charge < -0.3 is 24.6 Å². The maximum Gasteiger partial charge on any atom is 0.407 e. The first-order valence-electron chi connectivity index (χ1n) is 12.8. The van der Waals surface area contributed by atoms with Crippen LogP contribution in [0.4, 0.5) is 4.79 Å². The smallest absolute Gasteiger partial charge is 0.407 e. The Balaban J connectivity index is 1.30. The molecule has 0 unspecified atom stereocenters. The van der Waals surface area contributed by atoms with Crippen molar-refractivity contribution in [3.63, 3.8) is 0 Å². The number of amides is 1. The third-order valence-electron chi connectivity index (χ3n) is 6.61. The molecule has 7 nitrogen and oxygen atoms in total. The van der Waals surface area contributed by atoms with Gasteiger partial charge in [-0.05, 0) is 80.4 Å². The highest BCUT2D eigenvalue weighted by Crippen LogP contribution is 2.35. The first-order valence-corrected chi connectivity index (χ1v) is 12.8. The lowest BCUT2D eigenvalue weighted by Crippen LogP contribution is -2.50. The average Bonchev–Trinajstić information content (AvgIpc) is 2.82. The van der Waals surface area contributed by atoms with E-state index in [4.69, 9.17) is 19.3 Å². The molecule has 1 fully saturated rings. The van der Waals surface area contributed by atoms with E-state index >= 15 is 0 Å². The van der Waals surface area contributed by atoms with Gasteiger partial charge in [0.25, 0.3) is 0 Å². The number of carboxylic acids is 1. The first kappa shape index (κ1) is 27.0. The molecule has 200 valence electrons. The zero-order valence-corrected chi connectivity index (χ0v) is 22.5. The number of alkyl carbamates (subject to hydrolysis) is 1. The maximum atomic E-state index is 11.9. The molecule has 7 heteroatoms. The molecule has 0 bridgehead atoms. The van der Waals surface area contributed by atoms with Gasteiger partial charge in [0.2, 0.25) is 0 Å². The molecule has 1 aliphatic carbocycles. The van der Waals surface area contributed by atoms with Gasteiger partial charge in [-0.2, -0.15) is 0 Å². The number of nitrogens with one attached hydrogen (secondary N) is 1. The van der Waals surface area contributed by atoms with Crippen LogP contribution in [-0.4, -0.2) is 34.9 Å². The second-order valence-corrected chi connectivity index (χ2v) is 11.2. The van der Waals surface area contributed by atoms with E-state index in [1.165, 1.54) is 12.1 Å². The summed E-state index contributed by atoms with van der Waals surface area (Å²) in [4.78, 5) is 22.9. The third kappa shape index (κ3) is 6.85. The number of hydrogen-bond acceptors (Lipinski definition) is 5. The number of ether oxygens (including phenoxy) is 3. The van der Waals surface area contributed by atoms with Crippen molar-refractivity contribution in [2.24, 2.45) is 0 Å². The van der Waals surface area contributed by atoms with E-state index in [1.807, 2.05) is 57.2 Å². The fourth-order valence-corrected chi connectivity index (χ4v) is 4.30. The van der Waals surface area contributed by atoms with Crippen LogP contribution in [-0.2, 0) is 10.2 Å². The molecule has 0 saturated heterocycles. The Morgan fingerprint density at radius 3 is 1.71 bits per heavy atom. The number of hydrogen-bond donors (Lipinski definition) is 2. The quantitative estimate of drug-likeness (QED) is 0.336. The van der Waals surface area contributed by atoms with Gasteiger partial charge in [0.1, 0.15) is 29.0 Å². The minimum atomic E-state index is -0.966. The van der Waals surface area contributed by atoms with Crippen LogP contribution in [0.5, 0.6) is 17.2 Å². The number of carbonyl (C=O) groups is 2. The van der Waals surface area contributed by atoms with E-state index in [-0.39, 0.29) is 29.2 Å². The Labute approximate surface area is 223 Å². The van der Waals surface area contributed by atoms with Crippen molar-refractivity contribution in [1.29, 1.82) is 0 Å². The third-order valence-corrected chi connectivity index (χ3v) is 6.61. The van der Waals surface area contributed by atoms with E-state index in [0.29, 0.717) is 11.5 Å². The predicted octanol–water partition coefficient (Wildman–Crippen LogP) is 6.94. The molecule has 1 saturated carbocycles. The molecule has 0 heterocycles. The lowest BCUT2D eigenvalue weighted by Gasteiger charge is -2.36. The van der Waals surface area contributed by atoms with Crippen molar-refractivity contribution in [3.05, 3.63) is 89.5 Å². The largest absolute Gasteiger partial charge is 0.490 e. The van der Waals surface area contributed by atoms with Gasteiger partial charge in [-0.1, -0.05) is 38.1 Å². The molecular formula is C31H35NO6. The summed E-state index contributed by atoms with van der Waals surface area (Å²) >= 11 is 0. The minimum Gasteiger partial charge on any atom is -0.490 e. The summed E-state index contributed by atoms with van der Waals surface area (Å²) in [5.74, 6) is 1.10. The van der Waals surface area contributed by atoms with E-state index in [0.717, 1.165) is 29.7 Å². The highest BCUT2D eigenvalue weighted by Gasteiger charge is 2.33. The van der Waals surface area contributed by atoms with Gasteiger partial charge in [-0.25, -0.2) is 9.59 Å². The maximum absolute atomic E-state index is 11.9. The molecule has 4 rings (SSSR count). The molecule has 0 spiro atoms. The summed E-state index contributed by atoms with van der Waals surface area (Å²) in [6.07, 6.45) is 1.19. The first-order chi connectivity index (χ1) is 17.9. The van der Waals surface area contributed by atoms with Crippen LogP contribution >= 0.6 is 0 Å². The molecule has 1 amide bonds. The van der Waals surface area contributed by atoms with E-state index < -0.39 is 11.6 Å². The van der Waals surface area contributed by atoms with Crippen LogP contribution in [0.2, 0.25) is 0 Å².